The summed E-state index contributed by atoms with van der Waals surface area (Å²) in [4.78, 5) is 43.9. The Morgan fingerprint density at radius 3 is 2.24 bits per heavy atom. The fraction of sp³-hybridized carbons (Fsp3) is 0.333. The number of ether oxygens (including phenoxy) is 2. The van der Waals surface area contributed by atoms with Crippen LogP contribution in [0.15, 0.2) is 77.8 Å². The molecule has 7 nitrogen and oxygen atoms in total. The number of nitrogens with zero attached hydrogens (tertiary/aromatic N) is 2. The number of carbonyl (C=O) groups excluding carboxylic acids is 3. The predicted molar refractivity (Wildman–Crippen MR) is 164 cm³/mol. The summed E-state index contributed by atoms with van der Waals surface area (Å²) in [5, 5.41) is 0.970. The lowest BCUT2D eigenvalue weighted by molar-refractivity contribution is -0.134. The predicted octanol–water partition coefficient (Wildman–Crippen LogP) is 6.52. The van der Waals surface area contributed by atoms with E-state index in [-0.39, 0.29) is 36.3 Å². The number of carbonyl (C=O) groups is 3. The fourth-order valence-corrected chi connectivity index (χ4v) is 5.17. The minimum absolute atomic E-state index is 0.0652. The highest BCUT2D eigenvalue weighted by molar-refractivity contribution is 6.42. The topological polar surface area (TPSA) is 85.3 Å². The Morgan fingerprint density at radius 1 is 0.881 bits per heavy atom. The first-order valence-corrected chi connectivity index (χ1v) is 14.7. The van der Waals surface area contributed by atoms with Crippen LogP contribution in [0.1, 0.15) is 42.4 Å². The van der Waals surface area contributed by atoms with Crippen molar-refractivity contribution < 1.29 is 23.9 Å². The normalized spacial score (nSPS) is 14.0. The Balaban J connectivity index is 1.25. The van der Waals surface area contributed by atoms with Crippen molar-refractivity contribution in [2.45, 2.75) is 45.1 Å². The van der Waals surface area contributed by atoms with E-state index in [1.165, 1.54) is 7.11 Å². The van der Waals surface area contributed by atoms with Crippen LogP contribution in [0.3, 0.4) is 0 Å². The van der Waals surface area contributed by atoms with Gasteiger partial charge in [-0.05, 0) is 66.1 Å². The van der Waals surface area contributed by atoms with Gasteiger partial charge in [0.2, 0.25) is 11.8 Å². The molecule has 3 aromatic carbocycles. The maximum absolute atomic E-state index is 12.8. The van der Waals surface area contributed by atoms with Crippen molar-refractivity contribution in [3.05, 3.63) is 99.5 Å². The number of esters is 1. The molecule has 4 rings (SSSR count). The van der Waals surface area contributed by atoms with E-state index in [9.17, 15) is 14.4 Å². The standard InChI is InChI=1S/C33H34Cl2N2O5/c1-41-33(40)30(20-24-7-11-27(12-8-24)42-22-26-5-3-2-4-6-26)36-31(38)21-25-15-17-37(18-16-25)32(39)14-10-23-9-13-28(34)29(35)19-23/h2-9,11-13,19,25H,10,14-18,20-22H2,1H3. The number of amides is 2. The second-order valence-corrected chi connectivity index (χ2v) is 11.1. The molecule has 1 saturated heterocycles. The highest BCUT2D eigenvalue weighted by Gasteiger charge is 2.25. The van der Waals surface area contributed by atoms with Gasteiger partial charge in [0, 0.05) is 32.4 Å². The third kappa shape index (κ3) is 9.43. The minimum Gasteiger partial charge on any atom is -0.489 e. The monoisotopic (exact) mass is 608 g/mol. The number of aryl methyl sites for hydroxylation is 1. The van der Waals surface area contributed by atoms with Crippen molar-refractivity contribution in [1.29, 1.82) is 0 Å². The molecule has 1 aliphatic heterocycles. The summed E-state index contributed by atoms with van der Waals surface area (Å²) in [5.41, 5.74) is 2.91. The zero-order chi connectivity index (χ0) is 29.9. The summed E-state index contributed by atoms with van der Waals surface area (Å²) in [6, 6.07) is 22.6. The number of hydrogen-bond donors (Lipinski definition) is 0. The fourth-order valence-electron chi connectivity index (χ4n) is 4.85. The molecule has 0 aromatic heterocycles. The maximum Gasteiger partial charge on any atom is 0.352 e. The van der Waals surface area contributed by atoms with Crippen molar-refractivity contribution >= 4 is 46.7 Å². The molecule has 0 N–H and O–H groups in total. The van der Waals surface area contributed by atoms with Crippen LogP contribution in [0.2, 0.25) is 10.0 Å². The molecule has 9 heteroatoms. The molecule has 0 bridgehead atoms. The van der Waals surface area contributed by atoms with E-state index in [1.54, 1.807) is 12.1 Å². The first-order chi connectivity index (χ1) is 20.3. The van der Waals surface area contributed by atoms with E-state index in [1.807, 2.05) is 65.6 Å². The van der Waals surface area contributed by atoms with E-state index < -0.39 is 5.97 Å². The molecule has 0 unspecified atom stereocenters. The van der Waals surface area contributed by atoms with Crippen LogP contribution < -0.4 is 4.74 Å². The summed E-state index contributed by atoms with van der Waals surface area (Å²) >= 11 is 12.0. The van der Waals surface area contributed by atoms with Gasteiger partial charge in [0.1, 0.15) is 18.1 Å². The molecule has 3 aromatic rings. The zero-order valence-corrected chi connectivity index (χ0v) is 25.1. The van der Waals surface area contributed by atoms with Crippen molar-refractivity contribution in [3.8, 4) is 5.75 Å². The van der Waals surface area contributed by atoms with E-state index in [2.05, 4.69) is 4.99 Å². The second-order valence-electron chi connectivity index (χ2n) is 10.3. The number of benzene rings is 3. The SMILES string of the molecule is COC(=O)C(Cc1ccc(OCc2ccccc2)cc1)=NC(=O)CC1CCN(C(=O)CCc2ccc(Cl)c(Cl)c2)CC1. The summed E-state index contributed by atoms with van der Waals surface area (Å²) in [5.74, 6) is -0.110. The molecule has 1 aliphatic rings. The van der Waals surface area contributed by atoms with E-state index in [0.29, 0.717) is 61.2 Å². The molecule has 220 valence electrons. The van der Waals surface area contributed by atoms with Gasteiger partial charge >= 0.3 is 5.97 Å². The van der Waals surface area contributed by atoms with Crippen molar-refractivity contribution in [3.63, 3.8) is 0 Å². The summed E-state index contributed by atoms with van der Waals surface area (Å²) in [6.45, 7) is 1.63. The Bertz CT molecular complexity index is 1400. The average Bonchev–Trinajstić information content (AvgIpc) is 3.01. The summed E-state index contributed by atoms with van der Waals surface area (Å²) in [7, 11) is 1.27. The lowest BCUT2D eigenvalue weighted by Gasteiger charge is -2.31. The van der Waals surface area contributed by atoms with E-state index >= 15 is 0 Å². The quantitative estimate of drug-likeness (QED) is 0.183. The van der Waals surface area contributed by atoms with Crippen LogP contribution in [-0.4, -0.2) is 48.6 Å². The van der Waals surface area contributed by atoms with Gasteiger partial charge < -0.3 is 14.4 Å². The highest BCUT2D eigenvalue weighted by Crippen LogP contribution is 2.25. The average molecular weight is 610 g/mol. The second kappa shape index (κ2) is 15.5. The van der Waals surface area contributed by atoms with Crippen LogP contribution >= 0.6 is 23.2 Å². The number of halogens is 2. The number of likely N-dealkylation sites (tertiary alicyclic amines) is 1. The zero-order valence-electron chi connectivity index (χ0n) is 23.6. The van der Waals surface area contributed by atoms with Gasteiger partial charge in [-0.25, -0.2) is 9.79 Å². The molecular formula is C33H34Cl2N2O5. The van der Waals surface area contributed by atoms with E-state index in [0.717, 1.165) is 16.7 Å². The van der Waals surface area contributed by atoms with Gasteiger partial charge in [-0.1, -0.05) is 71.7 Å². The number of piperidine rings is 1. The third-order valence-electron chi connectivity index (χ3n) is 7.27. The number of hydrogen-bond acceptors (Lipinski definition) is 5. The van der Waals surface area contributed by atoms with Crippen LogP contribution in [0.4, 0.5) is 0 Å². The molecule has 0 spiro atoms. The smallest absolute Gasteiger partial charge is 0.352 e. The van der Waals surface area contributed by atoms with Crippen molar-refractivity contribution in [1.82, 2.24) is 4.90 Å². The molecule has 1 heterocycles. The van der Waals surface area contributed by atoms with Crippen LogP contribution in [0.5, 0.6) is 5.75 Å². The molecule has 0 saturated carbocycles. The van der Waals surface area contributed by atoms with Crippen LogP contribution in [0.25, 0.3) is 0 Å². The summed E-state index contributed by atoms with van der Waals surface area (Å²) < 4.78 is 10.7. The third-order valence-corrected chi connectivity index (χ3v) is 8.01. The van der Waals surface area contributed by atoms with Gasteiger partial charge in [0.25, 0.3) is 0 Å². The lowest BCUT2D eigenvalue weighted by Crippen LogP contribution is -2.39. The summed E-state index contributed by atoms with van der Waals surface area (Å²) in [6.07, 6.45) is 2.77. The van der Waals surface area contributed by atoms with Crippen molar-refractivity contribution in [2.75, 3.05) is 20.2 Å². The number of aliphatic imine (C=N–C) groups is 1. The van der Waals surface area contributed by atoms with E-state index in [4.69, 9.17) is 32.7 Å². The highest BCUT2D eigenvalue weighted by atomic mass is 35.5. The lowest BCUT2D eigenvalue weighted by atomic mass is 9.93. The molecule has 42 heavy (non-hydrogen) atoms. The first kappa shape index (κ1) is 31.3. The van der Waals surface area contributed by atoms with Crippen LogP contribution in [0, 0.1) is 5.92 Å². The Labute approximate surface area is 256 Å². The number of rotatable bonds is 11. The minimum atomic E-state index is -0.629. The Morgan fingerprint density at radius 2 is 1.57 bits per heavy atom. The van der Waals surface area contributed by atoms with Crippen molar-refractivity contribution in [2.24, 2.45) is 10.9 Å². The van der Waals surface area contributed by atoms with Crippen LogP contribution in [-0.2, 0) is 38.6 Å². The van der Waals surface area contributed by atoms with Gasteiger partial charge in [0.15, 0.2) is 0 Å². The van der Waals surface area contributed by atoms with Gasteiger partial charge in [-0.15, -0.1) is 0 Å². The molecule has 2 amide bonds. The molecule has 0 atom stereocenters. The van der Waals surface area contributed by atoms with Gasteiger partial charge in [-0.2, -0.15) is 0 Å². The largest absolute Gasteiger partial charge is 0.489 e. The first-order valence-electron chi connectivity index (χ1n) is 14.0. The molecule has 0 aliphatic carbocycles. The Kier molecular flexibility index (Phi) is 11.6. The van der Waals surface area contributed by atoms with Gasteiger partial charge in [-0.3, -0.25) is 9.59 Å². The number of methoxy groups -OCH3 is 1. The van der Waals surface area contributed by atoms with Gasteiger partial charge in [0.05, 0.1) is 17.2 Å². The molecule has 0 radical (unpaired) electrons. The molecular weight excluding hydrogens is 575 g/mol. The maximum atomic E-state index is 12.8. The Hall–Kier alpha value is -3.68. The molecule has 1 fully saturated rings.